The molecule has 0 aliphatic rings. The first kappa shape index (κ1) is 15.7. The number of nitrogens with zero attached hydrogens (tertiary/aromatic N) is 2. The zero-order chi connectivity index (χ0) is 15.3. The number of hydrogen-bond donors (Lipinski definition) is 2. The fourth-order valence-corrected chi connectivity index (χ4v) is 3.15. The van der Waals surface area contributed by atoms with Crippen LogP contribution in [0.1, 0.15) is 19.8 Å². The number of nitrogens with two attached hydrogens (primary N) is 1. The van der Waals surface area contributed by atoms with Crippen LogP contribution in [0.15, 0.2) is 29.4 Å². The summed E-state index contributed by atoms with van der Waals surface area (Å²) in [6.07, 6.45) is 3.63. The van der Waals surface area contributed by atoms with Crippen molar-refractivity contribution in [2.24, 2.45) is 0 Å². The van der Waals surface area contributed by atoms with Gasteiger partial charge in [-0.2, -0.15) is 0 Å². The minimum absolute atomic E-state index is 0.0133. The zero-order valence-corrected chi connectivity index (χ0v) is 12.8. The Morgan fingerprint density at radius 2 is 2.19 bits per heavy atom. The quantitative estimate of drug-likeness (QED) is 0.709. The molecule has 21 heavy (non-hydrogen) atoms. The van der Waals surface area contributed by atoms with Crippen LogP contribution in [0.2, 0.25) is 0 Å². The molecule has 116 valence electrons. The zero-order valence-electron chi connectivity index (χ0n) is 11.9. The third kappa shape index (κ3) is 3.72. The van der Waals surface area contributed by atoms with Crippen LogP contribution in [0.5, 0.6) is 0 Å². The highest BCUT2D eigenvalue weighted by molar-refractivity contribution is 7.89. The maximum atomic E-state index is 12.3. The summed E-state index contributed by atoms with van der Waals surface area (Å²) in [6.45, 7) is 3.23. The number of rotatable bonds is 8. The van der Waals surface area contributed by atoms with Gasteiger partial charge < -0.3 is 10.5 Å². The number of hydrogen-bond acceptors (Lipinski definition) is 5. The highest BCUT2D eigenvalue weighted by Gasteiger charge is 2.23. The van der Waals surface area contributed by atoms with E-state index in [1.165, 1.54) is 4.40 Å². The van der Waals surface area contributed by atoms with E-state index in [2.05, 4.69) is 16.6 Å². The normalized spacial score (nSPS) is 12.0. The number of fused-ring (bicyclic) bond motifs is 1. The van der Waals surface area contributed by atoms with Crippen LogP contribution in [-0.4, -0.2) is 37.6 Å². The first-order valence-corrected chi connectivity index (χ1v) is 8.34. The molecule has 0 spiro atoms. The van der Waals surface area contributed by atoms with Crippen molar-refractivity contribution >= 4 is 21.5 Å². The van der Waals surface area contributed by atoms with E-state index in [1.807, 2.05) is 0 Å². The van der Waals surface area contributed by atoms with Gasteiger partial charge in [0.05, 0.1) is 6.61 Å². The summed E-state index contributed by atoms with van der Waals surface area (Å²) >= 11 is 0. The number of anilines is 1. The lowest BCUT2D eigenvalue weighted by atomic mass is 10.4. The highest BCUT2D eigenvalue weighted by atomic mass is 32.2. The van der Waals surface area contributed by atoms with Gasteiger partial charge in [0, 0.05) is 19.3 Å². The molecule has 2 rings (SSSR count). The van der Waals surface area contributed by atoms with E-state index in [1.54, 1.807) is 24.4 Å². The Hall–Kier alpha value is -1.64. The summed E-state index contributed by atoms with van der Waals surface area (Å²) in [5.74, 6) is -0.0133. The first-order valence-electron chi connectivity index (χ1n) is 6.86. The molecule has 3 N–H and O–H groups in total. The van der Waals surface area contributed by atoms with Crippen molar-refractivity contribution in [1.82, 2.24) is 14.1 Å². The number of ether oxygens (including phenoxy) is 1. The summed E-state index contributed by atoms with van der Waals surface area (Å²) in [5.41, 5.74) is 6.22. The van der Waals surface area contributed by atoms with E-state index < -0.39 is 10.0 Å². The molecule has 0 fully saturated rings. The van der Waals surface area contributed by atoms with Gasteiger partial charge >= 0.3 is 0 Å². The average molecular weight is 312 g/mol. The van der Waals surface area contributed by atoms with Crippen molar-refractivity contribution in [2.75, 3.05) is 25.5 Å². The molecule has 0 atom stereocenters. The van der Waals surface area contributed by atoms with Gasteiger partial charge in [0.2, 0.25) is 0 Å². The summed E-state index contributed by atoms with van der Waals surface area (Å²) in [6, 6.07) is 5.19. The van der Waals surface area contributed by atoms with E-state index in [-0.39, 0.29) is 17.4 Å². The van der Waals surface area contributed by atoms with Crippen molar-refractivity contribution in [3.63, 3.8) is 0 Å². The standard InChI is InChI=1S/C13H20N4O3S/c1-2-3-9-20-10-7-15-21(18,19)13-12(14)16-11-6-4-5-8-17(11)13/h4-6,8,15H,2-3,7,9-10,14H2,1H3. The van der Waals surface area contributed by atoms with Gasteiger partial charge in [0.1, 0.15) is 5.65 Å². The van der Waals surface area contributed by atoms with Crippen LogP contribution in [0, 0.1) is 0 Å². The Morgan fingerprint density at radius 3 is 2.95 bits per heavy atom. The molecular formula is C13H20N4O3S. The highest BCUT2D eigenvalue weighted by Crippen LogP contribution is 2.19. The molecule has 7 nitrogen and oxygen atoms in total. The maximum absolute atomic E-state index is 12.3. The molecule has 2 aromatic rings. The summed E-state index contributed by atoms with van der Waals surface area (Å²) in [5, 5.41) is -0.0355. The van der Waals surface area contributed by atoms with E-state index in [0.717, 1.165) is 12.8 Å². The van der Waals surface area contributed by atoms with Crippen LogP contribution in [0.25, 0.3) is 5.65 Å². The molecular weight excluding hydrogens is 292 g/mol. The van der Waals surface area contributed by atoms with Crippen LogP contribution in [0.4, 0.5) is 5.82 Å². The Labute approximate surface area is 124 Å². The van der Waals surface area contributed by atoms with Gasteiger partial charge in [-0.1, -0.05) is 19.4 Å². The third-order valence-electron chi connectivity index (χ3n) is 2.95. The van der Waals surface area contributed by atoms with Crippen LogP contribution < -0.4 is 10.5 Å². The Balaban J connectivity index is 2.06. The second-order valence-electron chi connectivity index (χ2n) is 4.59. The molecule has 0 aromatic carbocycles. The Kier molecular flexibility index (Phi) is 5.16. The number of unbranched alkanes of at least 4 members (excludes halogenated alkanes) is 1. The second-order valence-corrected chi connectivity index (χ2v) is 6.28. The van der Waals surface area contributed by atoms with Gasteiger partial charge in [0.15, 0.2) is 10.8 Å². The molecule has 0 aliphatic carbocycles. The first-order chi connectivity index (χ1) is 10.1. The van der Waals surface area contributed by atoms with Crippen LogP contribution >= 0.6 is 0 Å². The fraction of sp³-hybridized carbons (Fsp3) is 0.462. The summed E-state index contributed by atoms with van der Waals surface area (Å²) in [4.78, 5) is 4.04. The second kappa shape index (κ2) is 6.88. The van der Waals surface area contributed by atoms with Crippen molar-refractivity contribution < 1.29 is 13.2 Å². The molecule has 0 amide bonds. The third-order valence-corrected chi connectivity index (χ3v) is 4.45. The molecule has 0 unspecified atom stereocenters. The SMILES string of the molecule is CCCCOCCNS(=O)(=O)c1c(N)nc2ccccn12. The van der Waals surface area contributed by atoms with E-state index >= 15 is 0 Å². The number of pyridine rings is 1. The van der Waals surface area contributed by atoms with Gasteiger partial charge in [0.25, 0.3) is 10.0 Å². The Bertz CT molecular complexity index is 697. The van der Waals surface area contributed by atoms with E-state index in [0.29, 0.717) is 18.9 Å². The van der Waals surface area contributed by atoms with E-state index in [9.17, 15) is 8.42 Å². The lowest BCUT2D eigenvalue weighted by molar-refractivity contribution is 0.136. The van der Waals surface area contributed by atoms with E-state index in [4.69, 9.17) is 10.5 Å². The topological polar surface area (TPSA) is 98.7 Å². The fourth-order valence-electron chi connectivity index (χ4n) is 1.92. The van der Waals surface area contributed by atoms with Crippen LogP contribution in [-0.2, 0) is 14.8 Å². The smallest absolute Gasteiger partial charge is 0.260 e. The van der Waals surface area contributed by atoms with Gasteiger partial charge in [-0.25, -0.2) is 18.1 Å². The molecule has 0 saturated heterocycles. The lowest BCUT2D eigenvalue weighted by Crippen LogP contribution is -2.29. The van der Waals surface area contributed by atoms with Gasteiger partial charge in [-0.3, -0.25) is 4.40 Å². The predicted molar refractivity (Wildman–Crippen MR) is 80.5 cm³/mol. The number of imidazole rings is 1. The molecule has 8 heteroatoms. The molecule has 2 heterocycles. The largest absolute Gasteiger partial charge is 0.381 e. The lowest BCUT2D eigenvalue weighted by Gasteiger charge is -2.07. The predicted octanol–water partition coefficient (Wildman–Crippen LogP) is 1.01. The number of nitrogens with one attached hydrogen (secondary N) is 1. The summed E-state index contributed by atoms with van der Waals surface area (Å²) in [7, 11) is -3.72. The molecule has 0 bridgehead atoms. The molecule has 0 saturated carbocycles. The number of sulfonamides is 1. The summed E-state index contributed by atoms with van der Waals surface area (Å²) < 4.78 is 33.9. The molecule has 2 aromatic heterocycles. The van der Waals surface area contributed by atoms with Gasteiger partial charge in [-0.05, 0) is 18.6 Å². The van der Waals surface area contributed by atoms with Crippen LogP contribution in [0.3, 0.4) is 0 Å². The van der Waals surface area contributed by atoms with Crippen molar-refractivity contribution in [1.29, 1.82) is 0 Å². The molecule has 0 aliphatic heterocycles. The number of aromatic nitrogens is 2. The number of nitrogen functional groups attached to an aromatic ring is 1. The van der Waals surface area contributed by atoms with Gasteiger partial charge in [-0.15, -0.1) is 0 Å². The van der Waals surface area contributed by atoms with Crippen molar-refractivity contribution in [2.45, 2.75) is 24.8 Å². The Morgan fingerprint density at radius 1 is 1.38 bits per heavy atom. The monoisotopic (exact) mass is 312 g/mol. The molecule has 0 radical (unpaired) electrons. The van der Waals surface area contributed by atoms with Crippen molar-refractivity contribution in [3.05, 3.63) is 24.4 Å². The average Bonchev–Trinajstić information content (AvgIpc) is 2.79. The maximum Gasteiger partial charge on any atom is 0.260 e. The minimum atomic E-state index is -3.72. The van der Waals surface area contributed by atoms with Crippen molar-refractivity contribution in [3.8, 4) is 0 Å². The minimum Gasteiger partial charge on any atom is -0.381 e.